The van der Waals surface area contributed by atoms with E-state index in [1.54, 1.807) is 0 Å². The summed E-state index contributed by atoms with van der Waals surface area (Å²) < 4.78 is 40.3. The van der Waals surface area contributed by atoms with Gasteiger partial charge in [-0.05, 0) is 55.8 Å². The molecule has 1 aliphatic heterocycles. The molecule has 8 heteroatoms. The first-order chi connectivity index (χ1) is 12.2. The molecule has 0 bridgehead atoms. The summed E-state index contributed by atoms with van der Waals surface area (Å²) >= 11 is 0. The number of sulfonamides is 1. The average Bonchev–Trinajstić information content (AvgIpc) is 2.53. The summed E-state index contributed by atoms with van der Waals surface area (Å²) in [6, 6.07) is 2.77. The summed E-state index contributed by atoms with van der Waals surface area (Å²) in [5, 5.41) is 8.90. The fourth-order valence-electron chi connectivity index (χ4n) is 3.56. The number of carboxylic acid groups (broad SMARTS) is 1. The molecule has 2 rings (SSSR count). The van der Waals surface area contributed by atoms with Crippen molar-refractivity contribution in [2.75, 3.05) is 26.2 Å². The van der Waals surface area contributed by atoms with E-state index < -0.39 is 27.4 Å². The second kappa shape index (κ2) is 8.92. The molecular weight excluding hydrogens is 359 g/mol. The number of unbranched alkanes of at least 4 members (excludes halogenated alkanes) is 1. The van der Waals surface area contributed by atoms with Crippen LogP contribution in [0, 0.1) is 17.7 Å². The van der Waals surface area contributed by atoms with Gasteiger partial charge in [0.25, 0.3) is 0 Å². The van der Waals surface area contributed by atoms with Gasteiger partial charge in [-0.3, -0.25) is 0 Å². The highest BCUT2D eigenvalue weighted by molar-refractivity contribution is 7.89. The molecule has 0 radical (unpaired) electrons. The lowest BCUT2D eigenvalue weighted by atomic mass is 9.92. The van der Waals surface area contributed by atoms with Crippen LogP contribution in [0.25, 0.3) is 0 Å². The number of hydrogen-bond acceptors (Lipinski definition) is 4. The Morgan fingerprint density at radius 3 is 2.54 bits per heavy atom. The number of piperidine rings is 1. The van der Waals surface area contributed by atoms with Gasteiger partial charge >= 0.3 is 5.97 Å². The molecule has 0 spiro atoms. The van der Waals surface area contributed by atoms with Crippen LogP contribution in [-0.2, 0) is 10.0 Å². The lowest BCUT2D eigenvalue weighted by Crippen LogP contribution is -2.39. The topological polar surface area (TPSA) is 86.7 Å². The van der Waals surface area contributed by atoms with Gasteiger partial charge in [0.05, 0.1) is 10.5 Å². The molecule has 0 aromatic heterocycles. The highest BCUT2D eigenvalue weighted by Crippen LogP contribution is 2.21. The number of likely N-dealkylation sites (tertiary alicyclic amines) is 1. The van der Waals surface area contributed by atoms with Gasteiger partial charge in [0.15, 0.2) is 0 Å². The van der Waals surface area contributed by atoms with Crippen molar-refractivity contribution in [3.05, 3.63) is 29.6 Å². The zero-order valence-corrected chi connectivity index (χ0v) is 16.1. The standard InChI is InChI=1S/C18H27FN2O4S/c1-13-9-14(2)12-21(11-13)8-4-3-7-20-26(24,25)15-5-6-17(19)16(10-15)18(22)23/h5-6,10,13-14,20H,3-4,7-9,11-12H2,1-2H3,(H,22,23). The normalized spacial score (nSPS) is 21.7. The van der Waals surface area contributed by atoms with Crippen molar-refractivity contribution < 1.29 is 22.7 Å². The molecule has 1 heterocycles. The molecule has 2 N–H and O–H groups in total. The van der Waals surface area contributed by atoms with Crippen LogP contribution in [0.5, 0.6) is 0 Å². The van der Waals surface area contributed by atoms with Crippen molar-refractivity contribution in [3.8, 4) is 0 Å². The average molecular weight is 386 g/mol. The summed E-state index contributed by atoms with van der Waals surface area (Å²) in [7, 11) is -3.85. The Morgan fingerprint density at radius 2 is 1.92 bits per heavy atom. The fraction of sp³-hybridized carbons (Fsp3) is 0.611. The Kier molecular flexibility index (Phi) is 7.14. The molecule has 6 nitrogen and oxygen atoms in total. The highest BCUT2D eigenvalue weighted by Gasteiger charge is 2.21. The minimum atomic E-state index is -3.85. The van der Waals surface area contributed by atoms with E-state index in [1.807, 2.05) is 0 Å². The van der Waals surface area contributed by atoms with Gasteiger partial charge in [0, 0.05) is 19.6 Å². The van der Waals surface area contributed by atoms with Gasteiger partial charge < -0.3 is 10.0 Å². The molecule has 0 aliphatic carbocycles. The second-order valence-corrected chi connectivity index (χ2v) is 9.02. The summed E-state index contributed by atoms with van der Waals surface area (Å²) in [5.74, 6) is -1.07. The van der Waals surface area contributed by atoms with E-state index in [1.165, 1.54) is 6.42 Å². The van der Waals surface area contributed by atoms with Gasteiger partial charge in [-0.2, -0.15) is 0 Å². The van der Waals surface area contributed by atoms with Crippen molar-refractivity contribution in [2.45, 2.75) is 38.0 Å². The fourth-order valence-corrected chi connectivity index (χ4v) is 4.66. The number of benzene rings is 1. The van der Waals surface area contributed by atoms with E-state index in [0.29, 0.717) is 18.3 Å². The smallest absolute Gasteiger partial charge is 0.338 e. The Labute approximate surface area is 154 Å². The molecule has 1 aliphatic rings. The molecular formula is C18H27FN2O4S. The SMILES string of the molecule is CC1CC(C)CN(CCCCNS(=O)(=O)c2ccc(F)c(C(=O)O)c2)C1. The number of nitrogens with zero attached hydrogens (tertiary/aromatic N) is 1. The molecule has 0 amide bonds. The third-order valence-electron chi connectivity index (χ3n) is 4.62. The number of halogens is 1. The Morgan fingerprint density at radius 1 is 1.27 bits per heavy atom. The van der Waals surface area contributed by atoms with Gasteiger partial charge in [0.1, 0.15) is 5.82 Å². The van der Waals surface area contributed by atoms with Crippen molar-refractivity contribution in [3.63, 3.8) is 0 Å². The Bertz CT molecular complexity index is 729. The van der Waals surface area contributed by atoms with Crippen LogP contribution in [0.2, 0.25) is 0 Å². The quantitative estimate of drug-likeness (QED) is 0.671. The maximum atomic E-state index is 13.4. The maximum absolute atomic E-state index is 13.4. The maximum Gasteiger partial charge on any atom is 0.338 e. The first-order valence-electron chi connectivity index (χ1n) is 8.94. The van der Waals surface area contributed by atoms with E-state index in [-0.39, 0.29) is 11.4 Å². The molecule has 1 aromatic carbocycles. The minimum Gasteiger partial charge on any atom is -0.478 e. The predicted octanol–water partition coefficient (Wildman–Crippen LogP) is 2.56. The van der Waals surface area contributed by atoms with Crippen molar-refractivity contribution in [2.24, 2.45) is 11.8 Å². The first kappa shape index (κ1) is 20.8. The number of carboxylic acids is 1. The van der Waals surface area contributed by atoms with Gasteiger partial charge in [0.2, 0.25) is 10.0 Å². The molecule has 1 aromatic rings. The van der Waals surface area contributed by atoms with E-state index in [4.69, 9.17) is 5.11 Å². The van der Waals surface area contributed by atoms with Crippen LogP contribution < -0.4 is 4.72 Å². The third kappa shape index (κ3) is 5.75. The summed E-state index contributed by atoms with van der Waals surface area (Å²) in [5.41, 5.74) is -0.652. The van der Waals surface area contributed by atoms with Crippen molar-refractivity contribution >= 4 is 16.0 Å². The highest BCUT2D eigenvalue weighted by atomic mass is 32.2. The lowest BCUT2D eigenvalue weighted by Gasteiger charge is -2.34. The summed E-state index contributed by atoms with van der Waals surface area (Å²) in [6.45, 7) is 7.89. The Hall–Kier alpha value is -1.51. The van der Waals surface area contributed by atoms with Crippen LogP contribution in [0.1, 0.15) is 43.5 Å². The molecule has 0 saturated carbocycles. The monoisotopic (exact) mass is 386 g/mol. The zero-order valence-electron chi connectivity index (χ0n) is 15.2. The number of nitrogens with one attached hydrogen (secondary N) is 1. The number of hydrogen-bond donors (Lipinski definition) is 2. The molecule has 1 saturated heterocycles. The molecule has 2 atom stereocenters. The number of aromatic carboxylic acids is 1. The van der Waals surface area contributed by atoms with Crippen LogP contribution >= 0.6 is 0 Å². The van der Waals surface area contributed by atoms with E-state index in [9.17, 15) is 17.6 Å². The van der Waals surface area contributed by atoms with Crippen molar-refractivity contribution in [1.29, 1.82) is 0 Å². The Balaban J connectivity index is 1.81. The molecule has 2 unspecified atom stereocenters. The van der Waals surface area contributed by atoms with Crippen LogP contribution in [0.3, 0.4) is 0 Å². The first-order valence-corrected chi connectivity index (χ1v) is 10.4. The second-order valence-electron chi connectivity index (χ2n) is 7.26. The zero-order chi connectivity index (χ0) is 19.3. The van der Waals surface area contributed by atoms with Crippen LogP contribution in [0.4, 0.5) is 4.39 Å². The van der Waals surface area contributed by atoms with E-state index >= 15 is 0 Å². The van der Waals surface area contributed by atoms with Crippen LogP contribution in [0.15, 0.2) is 23.1 Å². The van der Waals surface area contributed by atoms with E-state index in [0.717, 1.165) is 44.3 Å². The van der Waals surface area contributed by atoms with Gasteiger partial charge in [-0.25, -0.2) is 22.3 Å². The van der Waals surface area contributed by atoms with E-state index in [2.05, 4.69) is 23.5 Å². The predicted molar refractivity (Wildman–Crippen MR) is 97.2 cm³/mol. The molecule has 1 fully saturated rings. The largest absolute Gasteiger partial charge is 0.478 e. The van der Waals surface area contributed by atoms with Gasteiger partial charge in [-0.15, -0.1) is 0 Å². The van der Waals surface area contributed by atoms with Crippen molar-refractivity contribution in [1.82, 2.24) is 9.62 Å². The van der Waals surface area contributed by atoms with Crippen LogP contribution in [-0.4, -0.2) is 50.6 Å². The summed E-state index contributed by atoms with van der Waals surface area (Å²) in [6.07, 6.45) is 2.82. The number of carbonyl (C=O) groups is 1. The lowest BCUT2D eigenvalue weighted by molar-refractivity contribution is 0.0691. The summed E-state index contributed by atoms with van der Waals surface area (Å²) in [4.78, 5) is 13.1. The van der Waals surface area contributed by atoms with Gasteiger partial charge in [-0.1, -0.05) is 13.8 Å². The minimum absolute atomic E-state index is 0.241. The number of rotatable bonds is 8. The molecule has 26 heavy (non-hydrogen) atoms. The molecule has 146 valence electrons. The third-order valence-corrected chi connectivity index (χ3v) is 6.07.